The van der Waals surface area contributed by atoms with Gasteiger partial charge in [-0.3, -0.25) is 9.59 Å². The average Bonchev–Trinajstić information content (AvgIpc) is 2.62. The molecule has 2 rings (SSSR count). The lowest BCUT2D eigenvalue weighted by Crippen LogP contribution is -1.99. The third-order valence-electron chi connectivity index (χ3n) is 2.04. The molecule has 2 aromatic rings. The molecule has 0 radical (unpaired) electrons. The summed E-state index contributed by atoms with van der Waals surface area (Å²) in [6, 6.07) is 9.41. The van der Waals surface area contributed by atoms with Crippen molar-refractivity contribution in [3.05, 3.63) is 45.7 Å². The molecule has 0 atom stereocenters. The summed E-state index contributed by atoms with van der Waals surface area (Å²) >= 11 is 1.06. The van der Waals surface area contributed by atoms with Crippen LogP contribution < -0.4 is 4.87 Å². The minimum atomic E-state index is -0.195. The number of carbonyl (C=O) groups excluding carboxylic acids is 1. The van der Waals surface area contributed by atoms with Crippen molar-refractivity contribution in [1.29, 1.82) is 0 Å². The highest BCUT2D eigenvalue weighted by Crippen LogP contribution is 2.25. The Bertz CT molecular complexity index is 539. The summed E-state index contributed by atoms with van der Waals surface area (Å²) in [5, 5.41) is 0. The van der Waals surface area contributed by atoms with Crippen molar-refractivity contribution in [3.8, 4) is 10.4 Å². The Kier molecular flexibility index (Phi) is 2.51. The minimum Gasteiger partial charge on any atom is -0.309 e. The second-order valence-electron chi connectivity index (χ2n) is 3.14. The van der Waals surface area contributed by atoms with Crippen LogP contribution in [0.15, 0.2) is 35.1 Å². The van der Waals surface area contributed by atoms with E-state index in [4.69, 9.17) is 0 Å². The molecule has 0 saturated carbocycles. The summed E-state index contributed by atoms with van der Waals surface area (Å²) in [5.74, 6) is -0.118. The van der Waals surface area contributed by atoms with E-state index in [1.165, 1.54) is 6.92 Å². The summed E-state index contributed by atoms with van der Waals surface area (Å²) in [7, 11) is 0. The van der Waals surface area contributed by atoms with Crippen molar-refractivity contribution in [2.75, 3.05) is 0 Å². The number of Topliss-reactive ketones (excluding diaryl/α,β-unsaturated/α-hetero) is 1. The fourth-order valence-corrected chi connectivity index (χ4v) is 2.26. The molecular weight excluding hydrogens is 210 g/mol. The van der Waals surface area contributed by atoms with E-state index in [0.29, 0.717) is 10.6 Å². The van der Waals surface area contributed by atoms with E-state index in [2.05, 4.69) is 4.98 Å². The first-order valence-corrected chi connectivity index (χ1v) is 5.29. The lowest BCUT2D eigenvalue weighted by molar-refractivity contribution is 0.101. The molecule has 0 aliphatic heterocycles. The third kappa shape index (κ3) is 1.89. The zero-order valence-corrected chi connectivity index (χ0v) is 8.93. The van der Waals surface area contributed by atoms with E-state index in [9.17, 15) is 9.59 Å². The molecule has 76 valence electrons. The lowest BCUT2D eigenvalue weighted by Gasteiger charge is -1.98. The molecule has 3 nitrogen and oxygen atoms in total. The monoisotopic (exact) mass is 219 g/mol. The molecule has 0 amide bonds. The number of aromatic amines is 1. The molecule has 0 saturated heterocycles. The van der Waals surface area contributed by atoms with Crippen LogP contribution in [0.3, 0.4) is 0 Å². The number of nitrogens with one attached hydrogen (secondary N) is 1. The first-order valence-electron chi connectivity index (χ1n) is 4.48. The molecule has 0 aliphatic rings. The predicted octanol–water partition coefficient (Wildman–Crippen LogP) is 2.31. The van der Waals surface area contributed by atoms with Gasteiger partial charge in [0.2, 0.25) is 0 Å². The molecule has 0 spiro atoms. The zero-order valence-electron chi connectivity index (χ0n) is 8.11. The Morgan fingerprint density at radius 3 is 2.53 bits per heavy atom. The normalized spacial score (nSPS) is 10.2. The van der Waals surface area contributed by atoms with Crippen LogP contribution in [0, 0.1) is 0 Å². The number of aromatic nitrogens is 1. The third-order valence-corrected chi connectivity index (χ3v) is 2.97. The van der Waals surface area contributed by atoms with Crippen LogP contribution in [0.2, 0.25) is 0 Å². The lowest BCUT2D eigenvalue weighted by atomic mass is 10.1. The predicted molar refractivity (Wildman–Crippen MR) is 60.4 cm³/mol. The molecule has 15 heavy (non-hydrogen) atoms. The number of hydrogen-bond acceptors (Lipinski definition) is 3. The zero-order chi connectivity index (χ0) is 10.8. The average molecular weight is 219 g/mol. The van der Waals surface area contributed by atoms with Crippen molar-refractivity contribution in [2.24, 2.45) is 0 Å². The number of benzene rings is 1. The van der Waals surface area contributed by atoms with Gasteiger partial charge in [0.25, 0.3) is 0 Å². The number of H-pyrrole nitrogens is 1. The maximum absolute atomic E-state index is 11.3. The largest absolute Gasteiger partial charge is 0.309 e. The van der Waals surface area contributed by atoms with Gasteiger partial charge in [0.1, 0.15) is 5.69 Å². The Morgan fingerprint density at radius 2 is 1.93 bits per heavy atom. The topological polar surface area (TPSA) is 49.9 Å². The number of carbonyl (C=O) groups is 1. The van der Waals surface area contributed by atoms with Gasteiger partial charge in [-0.25, -0.2) is 0 Å². The molecule has 1 heterocycles. The second-order valence-corrected chi connectivity index (χ2v) is 4.12. The summed E-state index contributed by atoms with van der Waals surface area (Å²) in [5.41, 5.74) is 1.29. The van der Waals surface area contributed by atoms with Gasteiger partial charge in [-0.2, -0.15) is 0 Å². The van der Waals surface area contributed by atoms with Crippen molar-refractivity contribution < 1.29 is 4.79 Å². The minimum absolute atomic E-state index is 0.118. The Labute approximate surface area is 90.4 Å². The highest BCUT2D eigenvalue weighted by molar-refractivity contribution is 7.13. The van der Waals surface area contributed by atoms with Gasteiger partial charge in [-0.15, -0.1) is 0 Å². The maximum atomic E-state index is 11.3. The summed E-state index contributed by atoms with van der Waals surface area (Å²) in [6.45, 7) is 1.45. The Hall–Kier alpha value is -1.68. The van der Waals surface area contributed by atoms with Crippen molar-refractivity contribution in [3.63, 3.8) is 0 Å². The Morgan fingerprint density at radius 1 is 1.27 bits per heavy atom. The van der Waals surface area contributed by atoms with Gasteiger partial charge in [0.05, 0.1) is 4.88 Å². The van der Waals surface area contributed by atoms with Crippen LogP contribution in [0.25, 0.3) is 10.4 Å². The smallest absolute Gasteiger partial charge is 0.305 e. The van der Waals surface area contributed by atoms with Crippen LogP contribution >= 0.6 is 11.3 Å². The fourth-order valence-electron chi connectivity index (χ4n) is 1.37. The summed E-state index contributed by atoms with van der Waals surface area (Å²) < 4.78 is 0. The van der Waals surface area contributed by atoms with Crippen LogP contribution in [-0.2, 0) is 0 Å². The molecule has 1 N–H and O–H groups in total. The molecule has 4 heteroatoms. The van der Waals surface area contributed by atoms with Crippen molar-refractivity contribution in [1.82, 2.24) is 4.98 Å². The molecule has 0 bridgehead atoms. The van der Waals surface area contributed by atoms with Crippen molar-refractivity contribution in [2.45, 2.75) is 6.92 Å². The molecule has 0 aliphatic carbocycles. The quantitative estimate of drug-likeness (QED) is 0.788. The van der Waals surface area contributed by atoms with Crippen molar-refractivity contribution >= 4 is 17.1 Å². The van der Waals surface area contributed by atoms with E-state index in [1.807, 2.05) is 30.3 Å². The van der Waals surface area contributed by atoms with Crippen LogP contribution in [0.5, 0.6) is 0 Å². The fraction of sp³-hybridized carbons (Fsp3) is 0.0909. The first kappa shape index (κ1) is 9.86. The molecule has 0 unspecified atom stereocenters. The van der Waals surface area contributed by atoms with Gasteiger partial charge in [-0.05, 0) is 5.56 Å². The van der Waals surface area contributed by atoms with Gasteiger partial charge in [-0.1, -0.05) is 41.7 Å². The molecular formula is C11H9NO2S. The van der Waals surface area contributed by atoms with E-state index in [0.717, 1.165) is 16.9 Å². The second kappa shape index (κ2) is 3.82. The van der Waals surface area contributed by atoms with Gasteiger partial charge in [0.15, 0.2) is 5.78 Å². The van der Waals surface area contributed by atoms with E-state index < -0.39 is 0 Å². The van der Waals surface area contributed by atoms with Crippen LogP contribution in [0.4, 0.5) is 0 Å². The maximum Gasteiger partial charge on any atom is 0.305 e. The molecule has 0 fully saturated rings. The SMILES string of the molecule is CC(=O)c1[nH]c(=O)sc1-c1ccccc1. The summed E-state index contributed by atoms with van der Waals surface area (Å²) in [6.07, 6.45) is 0. The first-order chi connectivity index (χ1) is 7.18. The molecule has 1 aromatic carbocycles. The van der Waals surface area contributed by atoms with Gasteiger partial charge < -0.3 is 4.98 Å². The molecule has 1 aromatic heterocycles. The van der Waals surface area contributed by atoms with Gasteiger partial charge >= 0.3 is 4.87 Å². The van der Waals surface area contributed by atoms with Crippen LogP contribution in [-0.4, -0.2) is 10.8 Å². The van der Waals surface area contributed by atoms with Gasteiger partial charge in [0, 0.05) is 6.92 Å². The van der Waals surface area contributed by atoms with E-state index in [1.54, 1.807) is 0 Å². The number of thiazole rings is 1. The standard InChI is InChI=1S/C11H9NO2S/c1-7(13)9-10(15-11(14)12-9)8-5-3-2-4-6-8/h2-6H,1H3,(H,12,14). The highest BCUT2D eigenvalue weighted by Gasteiger charge is 2.13. The Balaban J connectivity index is 2.63. The van der Waals surface area contributed by atoms with E-state index >= 15 is 0 Å². The van der Waals surface area contributed by atoms with Crippen LogP contribution in [0.1, 0.15) is 17.4 Å². The number of ketones is 1. The number of hydrogen-bond donors (Lipinski definition) is 1. The highest BCUT2D eigenvalue weighted by atomic mass is 32.1. The van der Waals surface area contributed by atoms with E-state index in [-0.39, 0.29) is 10.7 Å². The number of rotatable bonds is 2. The summed E-state index contributed by atoms with van der Waals surface area (Å²) in [4.78, 5) is 25.6.